The Kier molecular flexibility index (Phi) is 9.76. The average molecular weight is 622 g/mol. The van der Waals surface area contributed by atoms with Gasteiger partial charge in [-0.25, -0.2) is 0 Å². The third-order valence-electron chi connectivity index (χ3n) is 4.52. The number of aromatic hydroxyl groups is 1. The van der Waals surface area contributed by atoms with Gasteiger partial charge in [-0.2, -0.15) is 0 Å². The third-order valence-corrected chi connectivity index (χ3v) is 7.27. The predicted octanol–water partition coefficient (Wildman–Crippen LogP) is 7.74. The number of halogens is 2. The zero-order valence-corrected chi connectivity index (χ0v) is 22.3. The van der Waals surface area contributed by atoms with Crippen molar-refractivity contribution in [3.05, 3.63) is 101 Å². The minimum atomic E-state index is -0.129. The number of ether oxygens (including phenoxy) is 1. The normalized spacial score (nSPS) is 13.8. The molecule has 1 unspecified atom stereocenters. The zero-order chi connectivity index (χ0) is 24.5. The predicted molar refractivity (Wildman–Crippen MR) is 142 cm³/mol. The molecule has 0 saturated carbocycles. The van der Waals surface area contributed by atoms with Gasteiger partial charge in [-0.05, 0) is 59.3 Å². The number of rotatable bonds is 3. The minimum Gasteiger partial charge on any atom is -0.507 e. The molecular formula is C25H18Br2O5S2. The van der Waals surface area contributed by atoms with E-state index >= 15 is 0 Å². The minimum absolute atomic E-state index is 0.0122. The molecule has 0 amide bonds. The highest BCUT2D eigenvalue weighted by Gasteiger charge is 2.28. The van der Waals surface area contributed by atoms with Crippen LogP contribution in [-0.2, 0) is 0 Å². The van der Waals surface area contributed by atoms with Gasteiger partial charge >= 0.3 is 0 Å². The standard InChI is InChI=1S/C13H9BrO2S.C7H5BrO2.C5H4OS/c14-8-3-4-11-9(6-8)10(15)7-12(16-11)13-2-1-5-17-13;8-6-1-2-7(10)5(3-6)4-9;6-4-5-2-1-3-7-5/h1-6,12H,7H2;1-4,10H;1-4H. The van der Waals surface area contributed by atoms with Gasteiger partial charge < -0.3 is 9.84 Å². The van der Waals surface area contributed by atoms with Crippen LogP contribution in [0.1, 0.15) is 47.8 Å². The van der Waals surface area contributed by atoms with Crippen LogP contribution in [0.4, 0.5) is 0 Å². The number of phenolic OH excluding ortho intramolecular Hbond substituents is 1. The number of aldehydes is 2. The van der Waals surface area contributed by atoms with Crippen LogP contribution in [0.5, 0.6) is 11.5 Å². The molecule has 4 aromatic rings. The largest absolute Gasteiger partial charge is 0.507 e. The van der Waals surface area contributed by atoms with Gasteiger partial charge in [0.2, 0.25) is 0 Å². The van der Waals surface area contributed by atoms with Crippen LogP contribution in [-0.4, -0.2) is 23.5 Å². The summed E-state index contributed by atoms with van der Waals surface area (Å²) >= 11 is 9.61. The molecule has 1 aliphatic rings. The topological polar surface area (TPSA) is 80.7 Å². The molecule has 0 bridgehead atoms. The van der Waals surface area contributed by atoms with Gasteiger partial charge in [0.25, 0.3) is 0 Å². The van der Waals surface area contributed by atoms with E-state index in [1.165, 1.54) is 17.4 Å². The molecule has 3 heterocycles. The summed E-state index contributed by atoms with van der Waals surface area (Å²) in [6.07, 6.45) is 1.76. The number of hydrogen-bond donors (Lipinski definition) is 1. The number of phenols is 1. The van der Waals surface area contributed by atoms with Crippen LogP contribution in [0.25, 0.3) is 0 Å². The number of ketones is 1. The lowest BCUT2D eigenvalue weighted by Crippen LogP contribution is -2.19. The van der Waals surface area contributed by atoms with E-state index in [1.807, 2.05) is 47.2 Å². The monoisotopic (exact) mass is 620 g/mol. The van der Waals surface area contributed by atoms with Gasteiger partial charge in [-0.15, -0.1) is 22.7 Å². The first-order valence-electron chi connectivity index (χ1n) is 9.86. The van der Waals surface area contributed by atoms with Crippen LogP contribution in [0.15, 0.2) is 80.4 Å². The van der Waals surface area contributed by atoms with Gasteiger partial charge in [0, 0.05) is 13.8 Å². The molecule has 9 heteroatoms. The third kappa shape index (κ3) is 7.20. The van der Waals surface area contributed by atoms with Gasteiger partial charge in [0.05, 0.1) is 22.4 Å². The smallest absolute Gasteiger partial charge is 0.170 e. The summed E-state index contributed by atoms with van der Waals surface area (Å²) in [5, 5.41) is 12.9. The maximum absolute atomic E-state index is 12.0. The Labute approximate surface area is 221 Å². The van der Waals surface area contributed by atoms with Crippen LogP contribution < -0.4 is 4.74 Å². The summed E-state index contributed by atoms with van der Waals surface area (Å²) < 4.78 is 7.56. The maximum Gasteiger partial charge on any atom is 0.170 e. The van der Waals surface area contributed by atoms with Gasteiger partial charge in [0.15, 0.2) is 18.4 Å². The Morgan fingerprint density at radius 1 is 0.912 bits per heavy atom. The second-order valence-corrected chi connectivity index (χ2v) is 10.6. The van der Waals surface area contributed by atoms with Gasteiger partial charge in [0.1, 0.15) is 17.6 Å². The van der Waals surface area contributed by atoms with Crippen LogP contribution in [0.2, 0.25) is 0 Å². The second kappa shape index (κ2) is 12.8. The first-order valence-corrected chi connectivity index (χ1v) is 13.2. The fourth-order valence-electron chi connectivity index (χ4n) is 2.91. The fraction of sp³-hybridized carbons (Fsp3) is 0.0800. The summed E-state index contributed by atoms with van der Waals surface area (Å²) in [6, 6.07) is 17.9. The molecule has 1 aliphatic heterocycles. The molecule has 2 aromatic carbocycles. The zero-order valence-electron chi connectivity index (χ0n) is 17.5. The Hall–Kier alpha value is -2.59. The Balaban J connectivity index is 0.000000161. The summed E-state index contributed by atoms with van der Waals surface area (Å²) in [7, 11) is 0. The average Bonchev–Trinajstić information content (AvgIpc) is 3.56. The Bertz CT molecular complexity index is 1250. The molecule has 2 aromatic heterocycles. The van der Waals surface area contributed by atoms with Crippen molar-refractivity contribution >= 4 is 72.9 Å². The van der Waals surface area contributed by atoms with Crippen LogP contribution in [0, 0.1) is 0 Å². The van der Waals surface area contributed by atoms with Crippen molar-refractivity contribution in [1.82, 2.24) is 0 Å². The summed E-state index contributed by atoms with van der Waals surface area (Å²) in [5.74, 6) is 0.840. The first kappa shape index (κ1) is 26.0. The molecule has 0 spiro atoms. The van der Waals surface area contributed by atoms with E-state index in [0.717, 1.165) is 25.0 Å². The highest BCUT2D eigenvalue weighted by Crippen LogP contribution is 2.37. The van der Waals surface area contributed by atoms with E-state index in [1.54, 1.807) is 29.5 Å². The van der Waals surface area contributed by atoms with E-state index in [9.17, 15) is 14.4 Å². The van der Waals surface area contributed by atoms with E-state index in [2.05, 4.69) is 31.9 Å². The van der Waals surface area contributed by atoms with Gasteiger partial charge in [-0.1, -0.05) is 44.0 Å². The number of hydrogen-bond acceptors (Lipinski definition) is 7. The molecule has 1 atom stereocenters. The molecule has 1 N–H and O–H groups in total. The second-order valence-electron chi connectivity index (χ2n) is 6.84. The highest BCUT2D eigenvalue weighted by molar-refractivity contribution is 9.10. The summed E-state index contributed by atoms with van der Waals surface area (Å²) in [5.41, 5.74) is 0.974. The van der Waals surface area contributed by atoms with Crippen molar-refractivity contribution in [2.75, 3.05) is 0 Å². The van der Waals surface area contributed by atoms with E-state index in [4.69, 9.17) is 9.84 Å². The summed E-state index contributed by atoms with van der Waals surface area (Å²) in [4.78, 5) is 34.0. The SMILES string of the molecule is O=C1CC(c2cccs2)Oc2ccc(Br)cc21.O=Cc1cc(Br)ccc1O.O=Cc1cccs1. The molecule has 5 nitrogen and oxygen atoms in total. The van der Waals surface area contributed by atoms with Crippen LogP contribution in [0.3, 0.4) is 0 Å². The number of carbonyl (C=O) groups excluding carboxylic acids is 3. The Morgan fingerprint density at radius 2 is 1.62 bits per heavy atom. The molecule has 0 saturated heterocycles. The molecular weight excluding hydrogens is 604 g/mol. The van der Waals surface area contributed by atoms with Crippen molar-refractivity contribution in [2.45, 2.75) is 12.5 Å². The molecule has 0 aliphatic carbocycles. The van der Waals surface area contributed by atoms with Crippen molar-refractivity contribution in [2.24, 2.45) is 0 Å². The van der Waals surface area contributed by atoms with Crippen molar-refractivity contribution in [3.63, 3.8) is 0 Å². The number of fused-ring (bicyclic) bond motifs is 1. The molecule has 5 rings (SSSR count). The number of Topliss-reactive ketones (excluding diaryl/α,β-unsaturated/α-hetero) is 1. The van der Waals surface area contributed by atoms with E-state index in [-0.39, 0.29) is 17.6 Å². The molecule has 34 heavy (non-hydrogen) atoms. The lowest BCUT2D eigenvalue weighted by atomic mass is 10.00. The lowest BCUT2D eigenvalue weighted by molar-refractivity contribution is 0.0853. The molecule has 0 fully saturated rings. The van der Waals surface area contributed by atoms with Crippen molar-refractivity contribution in [1.29, 1.82) is 0 Å². The Morgan fingerprint density at radius 3 is 2.21 bits per heavy atom. The number of benzene rings is 2. The first-order chi connectivity index (χ1) is 16.4. The lowest BCUT2D eigenvalue weighted by Gasteiger charge is -2.24. The summed E-state index contributed by atoms with van der Waals surface area (Å²) in [6.45, 7) is 0. The molecule has 0 radical (unpaired) electrons. The van der Waals surface area contributed by atoms with Gasteiger partial charge in [-0.3, -0.25) is 14.4 Å². The highest BCUT2D eigenvalue weighted by atomic mass is 79.9. The number of thiophene rings is 2. The maximum atomic E-state index is 12.0. The fourth-order valence-corrected chi connectivity index (χ4v) is 4.93. The van der Waals surface area contributed by atoms with Crippen LogP contribution >= 0.6 is 54.5 Å². The van der Waals surface area contributed by atoms with E-state index < -0.39 is 0 Å². The van der Waals surface area contributed by atoms with Crippen molar-refractivity contribution in [3.8, 4) is 11.5 Å². The van der Waals surface area contributed by atoms with E-state index in [0.29, 0.717) is 29.6 Å². The number of carbonyl (C=O) groups is 3. The quantitative estimate of drug-likeness (QED) is 0.237. The molecule has 174 valence electrons. The van der Waals surface area contributed by atoms with Crippen molar-refractivity contribution < 1.29 is 24.2 Å².